The average molecular weight is 198 g/mol. The van der Waals surface area contributed by atoms with Gasteiger partial charge in [-0.15, -0.1) is 0 Å². The molecule has 0 bridgehead atoms. The highest BCUT2D eigenvalue weighted by Gasteiger charge is 2.22. The van der Waals surface area contributed by atoms with Gasteiger partial charge < -0.3 is 10.6 Å². The quantitative estimate of drug-likeness (QED) is 0.736. The normalized spacial score (nSPS) is 30.6. The van der Waals surface area contributed by atoms with Crippen LogP contribution in [0.15, 0.2) is 0 Å². The summed E-state index contributed by atoms with van der Waals surface area (Å²) in [6, 6.07) is 0.402. The Kier molecular flexibility index (Phi) is 3.96. The van der Waals surface area contributed by atoms with Gasteiger partial charge in [-0.05, 0) is 30.7 Å². The maximum atomic E-state index is 6.01. The molecule has 1 fully saturated rings. The molecule has 1 aliphatic heterocycles. The molecule has 0 saturated carbocycles. The van der Waals surface area contributed by atoms with Crippen molar-refractivity contribution in [2.45, 2.75) is 46.6 Å². The first-order valence-corrected chi connectivity index (χ1v) is 5.85. The summed E-state index contributed by atoms with van der Waals surface area (Å²) in [6.07, 6.45) is 2.47. The molecule has 2 nitrogen and oxygen atoms in total. The lowest BCUT2D eigenvalue weighted by Gasteiger charge is -2.36. The van der Waals surface area contributed by atoms with E-state index in [2.05, 4.69) is 32.6 Å². The summed E-state index contributed by atoms with van der Waals surface area (Å²) >= 11 is 0. The molecule has 0 aromatic rings. The second-order valence-electron chi connectivity index (χ2n) is 6.17. The molecule has 0 amide bonds. The van der Waals surface area contributed by atoms with E-state index in [0.717, 1.165) is 12.5 Å². The minimum absolute atomic E-state index is 0.402. The predicted octanol–water partition coefficient (Wildman–Crippen LogP) is 2.09. The lowest BCUT2D eigenvalue weighted by molar-refractivity contribution is 0.147. The van der Waals surface area contributed by atoms with Crippen LogP contribution in [-0.4, -0.2) is 30.6 Å². The fourth-order valence-electron chi connectivity index (χ4n) is 2.19. The van der Waals surface area contributed by atoms with Gasteiger partial charge in [-0.2, -0.15) is 0 Å². The van der Waals surface area contributed by atoms with Crippen LogP contribution >= 0.6 is 0 Å². The molecule has 2 heteroatoms. The van der Waals surface area contributed by atoms with Gasteiger partial charge in [0.05, 0.1) is 0 Å². The van der Waals surface area contributed by atoms with Gasteiger partial charge >= 0.3 is 0 Å². The fourth-order valence-corrected chi connectivity index (χ4v) is 2.19. The van der Waals surface area contributed by atoms with Crippen LogP contribution in [0.1, 0.15) is 40.5 Å². The van der Waals surface area contributed by atoms with Gasteiger partial charge in [0.15, 0.2) is 0 Å². The van der Waals surface area contributed by atoms with Crippen LogP contribution < -0.4 is 5.73 Å². The second kappa shape index (κ2) is 4.63. The Morgan fingerprint density at radius 2 is 1.93 bits per heavy atom. The van der Waals surface area contributed by atoms with Crippen molar-refractivity contribution in [2.75, 3.05) is 19.6 Å². The van der Waals surface area contributed by atoms with Gasteiger partial charge in [0.1, 0.15) is 0 Å². The Labute approximate surface area is 88.8 Å². The zero-order chi connectivity index (χ0) is 10.8. The zero-order valence-corrected chi connectivity index (χ0v) is 10.2. The first-order valence-electron chi connectivity index (χ1n) is 5.85. The number of rotatable bonds is 2. The third-order valence-corrected chi connectivity index (χ3v) is 2.95. The predicted molar refractivity (Wildman–Crippen MR) is 62.3 cm³/mol. The van der Waals surface area contributed by atoms with Gasteiger partial charge in [0.25, 0.3) is 0 Å². The molecule has 1 aliphatic rings. The van der Waals surface area contributed by atoms with Crippen molar-refractivity contribution in [3.05, 3.63) is 0 Å². The molecule has 14 heavy (non-hydrogen) atoms. The van der Waals surface area contributed by atoms with Gasteiger partial charge in [-0.3, -0.25) is 0 Å². The summed E-state index contributed by atoms with van der Waals surface area (Å²) in [5, 5.41) is 0. The van der Waals surface area contributed by atoms with Crippen LogP contribution in [0.2, 0.25) is 0 Å². The van der Waals surface area contributed by atoms with Gasteiger partial charge in [-0.1, -0.05) is 27.7 Å². The highest BCUT2D eigenvalue weighted by Crippen LogP contribution is 2.21. The summed E-state index contributed by atoms with van der Waals surface area (Å²) in [5.74, 6) is 0.777. The Morgan fingerprint density at radius 1 is 1.29 bits per heavy atom. The molecule has 1 heterocycles. The number of hydrogen-bond donors (Lipinski definition) is 1. The molecule has 1 rings (SSSR count). The maximum absolute atomic E-state index is 6.01. The molecule has 2 unspecified atom stereocenters. The van der Waals surface area contributed by atoms with E-state index < -0.39 is 0 Å². The van der Waals surface area contributed by atoms with Crippen molar-refractivity contribution in [3.63, 3.8) is 0 Å². The molecule has 0 radical (unpaired) electrons. The first kappa shape index (κ1) is 12.0. The molecule has 0 aliphatic carbocycles. The highest BCUT2D eigenvalue weighted by molar-refractivity contribution is 4.80. The third kappa shape index (κ3) is 4.43. The molecular weight excluding hydrogens is 172 g/mol. The van der Waals surface area contributed by atoms with Crippen LogP contribution in [0.3, 0.4) is 0 Å². The fraction of sp³-hybridized carbons (Fsp3) is 1.00. The van der Waals surface area contributed by atoms with Gasteiger partial charge in [-0.25, -0.2) is 0 Å². The molecular formula is C12H26N2. The third-order valence-electron chi connectivity index (χ3n) is 2.95. The Bertz CT molecular complexity index is 162. The summed E-state index contributed by atoms with van der Waals surface area (Å²) in [6.45, 7) is 12.8. The van der Waals surface area contributed by atoms with Crippen LogP contribution in [0, 0.1) is 11.3 Å². The minimum Gasteiger partial charge on any atom is -0.327 e. The second-order valence-corrected chi connectivity index (χ2v) is 6.17. The van der Waals surface area contributed by atoms with Gasteiger partial charge in [0.2, 0.25) is 0 Å². The van der Waals surface area contributed by atoms with E-state index in [-0.39, 0.29) is 0 Å². The topological polar surface area (TPSA) is 29.3 Å². The van der Waals surface area contributed by atoms with Crippen LogP contribution in [-0.2, 0) is 0 Å². The molecule has 2 N–H and O–H groups in total. The van der Waals surface area contributed by atoms with E-state index >= 15 is 0 Å². The molecule has 1 saturated heterocycles. The van der Waals surface area contributed by atoms with Gasteiger partial charge in [0, 0.05) is 19.1 Å². The number of nitrogens with two attached hydrogens (primary N) is 1. The Morgan fingerprint density at radius 3 is 2.43 bits per heavy atom. The van der Waals surface area contributed by atoms with Crippen LogP contribution in [0.4, 0.5) is 0 Å². The standard InChI is InChI=1S/C12H26N2/c1-10-7-11(13)9-14(8-10)6-5-12(2,3)4/h10-11H,5-9,13H2,1-4H3. The zero-order valence-electron chi connectivity index (χ0n) is 10.2. The Balaban J connectivity index is 2.30. The van der Waals surface area contributed by atoms with E-state index in [1.54, 1.807) is 0 Å². The van der Waals surface area contributed by atoms with Crippen molar-refractivity contribution >= 4 is 0 Å². The molecule has 84 valence electrons. The molecule has 0 aromatic carbocycles. The van der Waals surface area contributed by atoms with E-state index in [1.165, 1.54) is 25.9 Å². The molecule has 0 aromatic heterocycles. The number of nitrogens with zero attached hydrogens (tertiary/aromatic N) is 1. The number of piperidine rings is 1. The molecule has 0 spiro atoms. The lowest BCUT2D eigenvalue weighted by Crippen LogP contribution is -2.47. The van der Waals surface area contributed by atoms with Crippen molar-refractivity contribution < 1.29 is 0 Å². The summed E-state index contributed by atoms with van der Waals surface area (Å²) in [7, 11) is 0. The Hall–Kier alpha value is -0.0800. The minimum atomic E-state index is 0.402. The summed E-state index contributed by atoms with van der Waals surface area (Å²) in [4.78, 5) is 2.53. The van der Waals surface area contributed by atoms with Crippen molar-refractivity contribution in [1.29, 1.82) is 0 Å². The van der Waals surface area contributed by atoms with E-state index in [1.807, 2.05) is 0 Å². The smallest absolute Gasteiger partial charge is 0.0170 e. The van der Waals surface area contributed by atoms with Crippen LogP contribution in [0.5, 0.6) is 0 Å². The van der Waals surface area contributed by atoms with E-state index in [9.17, 15) is 0 Å². The maximum Gasteiger partial charge on any atom is 0.0170 e. The highest BCUT2D eigenvalue weighted by atomic mass is 15.1. The van der Waals surface area contributed by atoms with E-state index in [4.69, 9.17) is 5.73 Å². The summed E-state index contributed by atoms with van der Waals surface area (Å²) < 4.78 is 0. The summed E-state index contributed by atoms with van der Waals surface area (Å²) in [5.41, 5.74) is 6.46. The van der Waals surface area contributed by atoms with Crippen molar-refractivity contribution in [2.24, 2.45) is 17.1 Å². The van der Waals surface area contributed by atoms with E-state index in [0.29, 0.717) is 11.5 Å². The molecule has 2 atom stereocenters. The lowest BCUT2D eigenvalue weighted by atomic mass is 9.90. The average Bonchev–Trinajstić information content (AvgIpc) is 1.97. The largest absolute Gasteiger partial charge is 0.327 e. The van der Waals surface area contributed by atoms with Crippen molar-refractivity contribution in [3.8, 4) is 0 Å². The SMILES string of the molecule is CC1CC(N)CN(CCC(C)(C)C)C1. The number of hydrogen-bond acceptors (Lipinski definition) is 2. The number of likely N-dealkylation sites (tertiary alicyclic amines) is 1. The van der Waals surface area contributed by atoms with Crippen LogP contribution in [0.25, 0.3) is 0 Å². The first-order chi connectivity index (χ1) is 6.37. The monoisotopic (exact) mass is 198 g/mol. The van der Waals surface area contributed by atoms with Crippen molar-refractivity contribution in [1.82, 2.24) is 4.90 Å².